The highest BCUT2D eigenvalue weighted by molar-refractivity contribution is 6.10. The van der Waals surface area contributed by atoms with Gasteiger partial charge in [-0.2, -0.15) is 0 Å². The molecule has 146 valence electrons. The first-order valence-electron chi connectivity index (χ1n) is 9.45. The Morgan fingerprint density at radius 1 is 1.00 bits per heavy atom. The van der Waals surface area contributed by atoms with Gasteiger partial charge in [-0.25, -0.2) is 9.97 Å². The second-order valence-corrected chi connectivity index (χ2v) is 7.46. The van der Waals surface area contributed by atoms with Crippen LogP contribution < -0.4 is 4.90 Å². The third-order valence-corrected chi connectivity index (χ3v) is 5.05. The molecule has 0 spiro atoms. The second kappa shape index (κ2) is 7.13. The lowest BCUT2D eigenvalue weighted by Gasteiger charge is -2.20. The van der Waals surface area contributed by atoms with Crippen LogP contribution in [0, 0.1) is 13.8 Å². The first-order valence-corrected chi connectivity index (χ1v) is 9.45. The molecular weight excluding hydrogens is 364 g/mol. The number of carbonyl (C=O) groups excluding carboxylic acids is 2. The van der Waals surface area contributed by atoms with Crippen LogP contribution in [0.3, 0.4) is 0 Å². The second-order valence-electron chi connectivity index (χ2n) is 7.46. The number of para-hydroxylation sites is 1. The molecule has 0 unspecified atom stereocenters. The first kappa shape index (κ1) is 18.8. The van der Waals surface area contributed by atoms with Crippen LogP contribution in [0.4, 0.5) is 11.5 Å². The molecule has 4 rings (SSSR count). The molecule has 0 radical (unpaired) electrons. The maximum Gasteiger partial charge on any atom is 0.272 e. The Bertz CT molecular complexity index is 1120. The van der Waals surface area contributed by atoms with Crippen molar-refractivity contribution in [1.82, 2.24) is 14.9 Å². The van der Waals surface area contributed by atoms with E-state index in [1.54, 1.807) is 19.0 Å². The Morgan fingerprint density at radius 3 is 2.34 bits per heavy atom. The summed E-state index contributed by atoms with van der Waals surface area (Å²) in [4.78, 5) is 38.2. The molecule has 2 heterocycles. The van der Waals surface area contributed by atoms with Crippen LogP contribution in [0.2, 0.25) is 0 Å². The van der Waals surface area contributed by atoms with Crippen molar-refractivity contribution in [3.8, 4) is 11.4 Å². The van der Waals surface area contributed by atoms with E-state index >= 15 is 0 Å². The van der Waals surface area contributed by atoms with Crippen molar-refractivity contribution >= 4 is 23.3 Å². The minimum Gasteiger partial charge on any atom is -0.343 e. The van der Waals surface area contributed by atoms with Crippen molar-refractivity contribution in [3.63, 3.8) is 0 Å². The molecular formula is C23H22N4O2. The number of benzene rings is 2. The molecule has 0 bridgehead atoms. The molecule has 0 atom stereocenters. The molecule has 3 aromatic rings. The van der Waals surface area contributed by atoms with Gasteiger partial charge in [-0.3, -0.25) is 14.5 Å². The molecule has 0 saturated heterocycles. The largest absolute Gasteiger partial charge is 0.343 e. The minimum absolute atomic E-state index is 0.104. The number of hydrogen-bond acceptors (Lipinski definition) is 4. The number of nitrogens with zero attached hydrogens (tertiary/aromatic N) is 4. The van der Waals surface area contributed by atoms with Gasteiger partial charge in [0, 0.05) is 25.2 Å². The fourth-order valence-electron chi connectivity index (χ4n) is 3.45. The van der Waals surface area contributed by atoms with Gasteiger partial charge in [0.25, 0.3) is 5.91 Å². The van der Waals surface area contributed by atoms with Gasteiger partial charge < -0.3 is 4.90 Å². The van der Waals surface area contributed by atoms with E-state index in [4.69, 9.17) is 4.98 Å². The van der Waals surface area contributed by atoms with Crippen molar-refractivity contribution in [2.24, 2.45) is 0 Å². The predicted molar refractivity (Wildman–Crippen MR) is 112 cm³/mol. The normalized spacial score (nSPS) is 12.8. The van der Waals surface area contributed by atoms with E-state index in [-0.39, 0.29) is 23.9 Å². The Kier molecular flexibility index (Phi) is 4.62. The van der Waals surface area contributed by atoms with Crippen molar-refractivity contribution in [3.05, 3.63) is 70.9 Å². The number of hydrogen-bond donors (Lipinski definition) is 0. The summed E-state index contributed by atoms with van der Waals surface area (Å²) in [7, 11) is 3.36. The summed E-state index contributed by atoms with van der Waals surface area (Å²) in [6.45, 7) is 3.96. The fraction of sp³-hybridized carbons (Fsp3) is 0.217. The molecule has 6 nitrogen and oxygen atoms in total. The van der Waals surface area contributed by atoms with Gasteiger partial charge in [0.05, 0.1) is 12.1 Å². The van der Waals surface area contributed by atoms with Crippen molar-refractivity contribution in [2.45, 2.75) is 20.3 Å². The van der Waals surface area contributed by atoms with Crippen molar-refractivity contribution in [1.29, 1.82) is 0 Å². The van der Waals surface area contributed by atoms with Crippen LogP contribution in [0.1, 0.15) is 27.2 Å². The number of rotatable bonds is 3. The zero-order valence-corrected chi connectivity index (χ0v) is 16.9. The highest BCUT2D eigenvalue weighted by Gasteiger charge is 2.36. The summed E-state index contributed by atoms with van der Waals surface area (Å²) >= 11 is 0. The van der Waals surface area contributed by atoms with Crippen molar-refractivity contribution in [2.75, 3.05) is 19.0 Å². The summed E-state index contributed by atoms with van der Waals surface area (Å²) < 4.78 is 0. The molecule has 29 heavy (non-hydrogen) atoms. The maximum absolute atomic E-state index is 13.0. The lowest BCUT2D eigenvalue weighted by atomic mass is 10.1. The van der Waals surface area contributed by atoms with E-state index in [2.05, 4.69) is 4.98 Å². The zero-order valence-electron chi connectivity index (χ0n) is 16.9. The monoisotopic (exact) mass is 386 g/mol. The van der Waals surface area contributed by atoms with E-state index in [0.29, 0.717) is 17.2 Å². The maximum atomic E-state index is 13.0. The van der Waals surface area contributed by atoms with E-state index in [0.717, 1.165) is 22.4 Å². The number of aryl methyl sites for hydroxylation is 2. The van der Waals surface area contributed by atoms with Gasteiger partial charge in [-0.1, -0.05) is 48.0 Å². The third kappa shape index (κ3) is 3.27. The number of amides is 2. The standard InChI is InChI=1S/C23H22N4O2/c1-14-9-11-16(12-10-14)21-24-20(23(29)26(3)4)17-13-19(28)27(22(17)25-21)18-8-6-5-7-15(18)2/h5-12H,13H2,1-4H3. The third-order valence-electron chi connectivity index (χ3n) is 5.05. The molecule has 1 aromatic heterocycles. The van der Waals surface area contributed by atoms with Gasteiger partial charge in [0.15, 0.2) is 5.82 Å². The van der Waals surface area contributed by atoms with Gasteiger partial charge in [0.1, 0.15) is 11.5 Å². The highest BCUT2D eigenvalue weighted by atomic mass is 16.2. The molecule has 1 aliphatic rings. The van der Waals surface area contributed by atoms with E-state index in [9.17, 15) is 9.59 Å². The van der Waals surface area contributed by atoms with E-state index in [1.165, 1.54) is 4.90 Å². The lowest BCUT2D eigenvalue weighted by Crippen LogP contribution is -2.25. The molecule has 1 aliphatic heterocycles. The average molecular weight is 386 g/mol. The Hall–Kier alpha value is -3.54. The van der Waals surface area contributed by atoms with Crippen LogP contribution in [0.5, 0.6) is 0 Å². The highest BCUT2D eigenvalue weighted by Crippen LogP contribution is 2.38. The summed E-state index contributed by atoms with van der Waals surface area (Å²) in [5, 5.41) is 0. The summed E-state index contributed by atoms with van der Waals surface area (Å²) in [6.07, 6.45) is 0.104. The van der Waals surface area contributed by atoms with Gasteiger partial charge >= 0.3 is 0 Å². The molecule has 6 heteroatoms. The summed E-state index contributed by atoms with van der Waals surface area (Å²) in [5.41, 5.74) is 4.51. The average Bonchev–Trinajstić information content (AvgIpc) is 3.03. The fourth-order valence-corrected chi connectivity index (χ4v) is 3.45. The van der Waals surface area contributed by atoms with Crippen LogP contribution in [0.25, 0.3) is 11.4 Å². The van der Waals surface area contributed by atoms with E-state index < -0.39 is 0 Å². The molecule has 0 aliphatic carbocycles. The first-order chi connectivity index (χ1) is 13.9. The minimum atomic E-state index is -0.239. The van der Waals surface area contributed by atoms with Crippen molar-refractivity contribution < 1.29 is 9.59 Å². The Balaban J connectivity index is 1.95. The van der Waals surface area contributed by atoms with Crippen LogP contribution >= 0.6 is 0 Å². The number of aromatic nitrogens is 2. The van der Waals surface area contributed by atoms with Crippen LogP contribution in [-0.2, 0) is 11.2 Å². The van der Waals surface area contributed by atoms with Gasteiger partial charge in [-0.05, 0) is 25.5 Å². The molecule has 0 N–H and O–H groups in total. The molecule has 2 aromatic carbocycles. The zero-order chi connectivity index (χ0) is 20.7. The number of carbonyl (C=O) groups is 2. The molecule has 2 amide bonds. The van der Waals surface area contributed by atoms with Gasteiger partial charge in [-0.15, -0.1) is 0 Å². The summed E-state index contributed by atoms with van der Waals surface area (Å²) in [5.74, 6) is 0.566. The van der Waals surface area contributed by atoms with E-state index in [1.807, 2.05) is 62.4 Å². The molecule has 0 saturated carbocycles. The van der Waals surface area contributed by atoms with Crippen LogP contribution in [-0.4, -0.2) is 40.8 Å². The Morgan fingerprint density at radius 2 is 1.69 bits per heavy atom. The van der Waals surface area contributed by atoms with Crippen LogP contribution in [0.15, 0.2) is 48.5 Å². The quantitative estimate of drug-likeness (QED) is 0.689. The Labute approximate surface area is 169 Å². The van der Waals surface area contributed by atoms with Gasteiger partial charge in [0.2, 0.25) is 5.91 Å². The summed E-state index contributed by atoms with van der Waals surface area (Å²) in [6, 6.07) is 15.5. The molecule has 0 fully saturated rings. The number of anilines is 2. The lowest BCUT2D eigenvalue weighted by molar-refractivity contribution is -0.116. The predicted octanol–water partition coefficient (Wildman–Crippen LogP) is 3.68. The number of fused-ring (bicyclic) bond motifs is 1. The topological polar surface area (TPSA) is 66.4 Å². The smallest absolute Gasteiger partial charge is 0.272 e. The SMILES string of the molecule is Cc1ccc(-c2nc(C(=O)N(C)C)c3c(n2)N(c2ccccc2C)C(=O)C3)cc1.